The zero-order valence-electron chi connectivity index (χ0n) is 12.6. The van der Waals surface area contributed by atoms with Gasteiger partial charge in [-0.3, -0.25) is 4.68 Å². The number of aromatic nitrogens is 4. The number of nitrogens with zero attached hydrogens (tertiary/aromatic N) is 4. The van der Waals surface area contributed by atoms with Gasteiger partial charge in [0.2, 0.25) is 5.95 Å². The molecule has 3 rings (SSSR count). The molecule has 7 heteroatoms. The van der Waals surface area contributed by atoms with Gasteiger partial charge in [0.25, 0.3) is 0 Å². The van der Waals surface area contributed by atoms with E-state index in [9.17, 15) is 5.11 Å². The number of hydrogen-bond donors (Lipinski definition) is 2. The molecular weight excluding hydrogens is 314 g/mol. The molecule has 0 amide bonds. The lowest BCUT2D eigenvalue weighted by molar-refractivity contribution is 0.269. The molecule has 3 N–H and O–H groups in total. The maximum Gasteiger partial charge on any atom is 0.222 e. The highest BCUT2D eigenvalue weighted by Gasteiger charge is 2.19. The minimum absolute atomic E-state index is 0.0920. The van der Waals surface area contributed by atoms with E-state index in [-0.39, 0.29) is 17.7 Å². The predicted molar refractivity (Wildman–Crippen MR) is 88.8 cm³/mol. The molecule has 3 aromatic rings. The van der Waals surface area contributed by atoms with Crippen LogP contribution in [0.1, 0.15) is 16.8 Å². The van der Waals surface area contributed by atoms with Crippen LogP contribution in [0, 0.1) is 0 Å². The molecule has 2 aromatic heterocycles. The summed E-state index contributed by atoms with van der Waals surface area (Å²) in [5.74, 6) is 0.0920. The molecule has 0 atom stereocenters. The van der Waals surface area contributed by atoms with E-state index in [1.807, 2.05) is 30.3 Å². The normalized spacial score (nSPS) is 10.9. The Morgan fingerprint density at radius 1 is 1.22 bits per heavy atom. The Labute approximate surface area is 138 Å². The monoisotopic (exact) mass is 329 g/mol. The summed E-state index contributed by atoms with van der Waals surface area (Å²) in [6.45, 7) is -0.111. The third kappa shape index (κ3) is 3.18. The number of halogens is 1. The Bertz CT molecular complexity index is 812. The minimum atomic E-state index is -0.111. The van der Waals surface area contributed by atoms with Crippen molar-refractivity contribution in [2.75, 3.05) is 5.73 Å². The standard InChI is InChI=1S/C16H16ClN5O/c1-22-13(9-23)11(7-10-5-3-2-4-6-10)15(21-22)12-8-14(17)20-16(18)19-12/h2-6,8,23H,7,9H2,1H3,(H2,18,19,20). The quantitative estimate of drug-likeness (QED) is 0.716. The van der Waals surface area contributed by atoms with Gasteiger partial charge in [0, 0.05) is 25.1 Å². The number of benzene rings is 1. The average Bonchev–Trinajstić information content (AvgIpc) is 2.83. The van der Waals surface area contributed by atoms with Gasteiger partial charge in [-0.25, -0.2) is 9.97 Å². The fourth-order valence-electron chi connectivity index (χ4n) is 2.55. The van der Waals surface area contributed by atoms with Crippen LogP contribution < -0.4 is 5.73 Å². The van der Waals surface area contributed by atoms with E-state index in [1.165, 1.54) is 0 Å². The molecule has 118 valence electrons. The first kappa shape index (κ1) is 15.5. The molecule has 0 spiro atoms. The topological polar surface area (TPSA) is 89.9 Å². The second kappa shape index (κ2) is 6.36. The van der Waals surface area contributed by atoms with Gasteiger partial charge in [-0.05, 0) is 5.56 Å². The van der Waals surface area contributed by atoms with Crippen molar-refractivity contribution >= 4 is 17.5 Å². The van der Waals surface area contributed by atoms with Crippen LogP contribution in [-0.4, -0.2) is 24.9 Å². The van der Waals surface area contributed by atoms with Crippen molar-refractivity contribution in [2.45, 2.75) is 13.0 Å². The second-order valence-corrected chi connectivity index (χ2v) is 5.54. The second-order valence-electron chi connectivity index (χ2n) is 5.15. The molecule has 0 unspecified atom stereocenters. The fraction of sp³-hybridized carbons (Fsp3) is 0.188. The maximum absolute atomic E-state index is 9.70. The highest BCUT2D eigenvalue weighted by molar-refractivity contribution is 6.29. The smallest absolute Gasteiger partial charge is 0.222 e. The summed E-state index contributed by atoms with van der Waals surface area (Å²) in [6.07, 6.45) is 0.626. The highest BCUT2D eigenvalue weighted by atomic mass is 35.5. The van der Waals surface area contributed by atoms with Crippen LogP contribution in [0.25, 0.3) is 11.4 Å². The predicted octanol–water partition coefficient (Wildman–Crippen LogP) is 2.20. The van der Waals surface area contributed by atoms with Crippen LogP contribution in [0.2, 0.25) is 5.15 Å². The van der Waals surface area contributed by atoms with Crippen LogP contribution >= 0.6 is 11.6 Å². The summed E-state index contributed by atoms with van der Waals surface area (Å²) in [4.78, 5) is 8.09. The molecule has 0 saturated carbocycles. The van der Waals surface area contributed by atoms with Gasteiger partial charge in [-0.1, -0.05) is 41.9 Å². The van der Waals surface area contributed by atoms with Crippen molar-refractivity contribution in [2.24, 2.45) is 7.05 Å². The van der Waals surface area contributed by atoms with E-state index in [2.05, 4.69) is 15.1 Å². The number of anilines is 1. The zero-order chi connectivity index (χ0) is 16.4. The summed E-state index contributed by atoms with van der Waals surface area (Å²) in [5, 5.41) is 14.4. The summed E-state index contributed by atoms with van der Waals surface area (Å²) >= 11 is 5.98. The Kier molecular flexibility index (Phi) is 4.27. The van der Waals surface area contributed by atoms with Crippen molar-refractivity contribution in [3.8, 4) is 11.4 Å². The lowest BCUT2D eigenvalue weighted by Gasteiger charge is -2.06. The first-order valence-electron chi connectivity index (χ1n) is 7.08. The molecule has 1 aromatic carbocycles. The molecule has 2 heterocycles. The number of aryl methyl sites for hydroxylation is 1. The summed E-state index contributed by atoms with van der Waals surface area (Å²) in [7, 11) is 1.79. The fourth-order valence-corrected chi connectivity index (χ4v) is 2.74. The van der Waals surface area contributed by atoms with E-state index in [4.69, 9.17) is 17.3 Å². The molecule has 0 bridgehead atoms. The average molecular weight is 330 g/mol. The summed E-state index contributed by atoms with van der Waals surface area (Å²) < 4.78 is 1.65. The molecular formula is C16H16ClN5O. The van der Waals surface area contributed by atoms with E-state index in [0.29, 0.717) is 17.8 Å². The van der Waals surface area contributed by atoms with Crippen molar-refractivity contribution in [3.05, 3.63) is 58.4 Å². The maximum atomic E-state index is 9.70. The molecule has 0 fully saturated rings. The number of aliphatic hydroxyl groups is 1. The molecule has 0 saturated heterocycles. The van der Waals surface area contributed by atoms with E-state index >= 15 is 0 Å². The largest absolute Gasteiger partial charge is 0.390 e. The first-order valence-corrected chi connectivity index (χ1v) is 7.46. The van der Waals surface area contributed by atoms with Crippen LogP contribution in [0.5, 0.6) is 0 Å². The third-order valence-electron chi connectivity index (χ3n) is 3.60. The number of nitrogen functional groups attached to an aromatic ring is 1. The van der Waals surface area contributed by atoms with Gasteiger partial charge in [-0.2, -0.15) is 5.10 Å². The van der Waals surface area contributed by atoms with Crippen molar-refractivity contribution in [3.63, 3.8) is 0 Å². The summed E-state index contributed by atoms with van der Waals surface area (Å²) in [6, 6.07) is 11.6. The van der Waals surface area contributed by atoms with Crippen LogP contribution in [0.4, 0.5) is 5.95 Å². The number of nitrogens with two attached hydrogens (primary N) is 1. The highest BCUT2D eigenvalue weighted by Crippen LogP contribution is 2.28. The van der Waals surface area contributed by atoms with Crippen LogP contribution in [-0.2, 0) is 20.1 Å². The Morgan fingerprint density at radius 2 is 1.96 bits per heavy atom. The van der Waals surface area contributed by atoms with Crippen LogP contribution in [0.3, 0.4) is 0 Å². The van der Waals surface area contributed by atoms with Gasteiger partial charge in [0.1, 0.15) is 10.8 Å². The Balaban J connectivity index is 2.13. The molecule has 6 nitrogen and oxygen atoms in total. The Morgan fingerprint density at radius 3 is 2.61 bits per heavy atom. The van der Waals surface area contributed by atoms with Gasteiger partial charge in [0.15, 0.2) is 0 Å². The van der Waals surface area contributed by atoms with Crippen molar-refractivity contribution < 1.29 is 5.11 Å². The minimum Gasteiger partial charge on any atom is -0.390 e. The van der Waals surface area contributed by atoms with E-state index < -0.39 is 0 Å². The lowest BCUT2D eigenvalue weighted by atomic mass is 10.0. The van der Waals surface area contributed by atoms with E-state index in [1.54, 1.807) is 17.8 Å². The third-order valence-corrected chi connectivity index (χ3v) is 3.80. The van der Waals surface area contributed by atoms with E-state index in [0.717, 1.165) is 16.8 Å². The van der Waals surface area contributed by atoms with Gasteiger partial charge in [-0.15, -0.1) is 0 Å². The summed E-state index contributed by atoms with van der Waals surface area (Å²) in [5.41, 5.74) is 9.63. The SMILES string of the molecule is Cn1nc(-c2cc(Cl)nc(N)n2)c(Cc2ccccc2)c1CO. The Hall–Kier alpha value is -2.44. The zero-order valence-corrected chi connectivity index (χ0v) is 13.3. The van der Waals surface area contributed by atoms with Gasteiger partial charge in [0.05, 0.1) is 18.0 Å². The van der Waals surface area contributed by atoms with Crippen molar-refractivity contribution in [1.29, 1.82) is 0 Å². The van der Waals surface area contributed by atoms with Gasteiger partial charge >= 0.3 is 0 Å². The van der Waals surface area contributed by atoms with Gasteiger partial charge < -0.3 is 10.8 Å². The number of aliphatic hydroxyl groups excluding tert-OH is 1. The molecule has 0 aliphatic rings. The molecule has 23 heavy (non-hydrogen) atoms. The van der Waals surface area contributed by atoms with Crippen LogP contribution in [0.15, 0.2) is 36.4 Å². The lowest BCUT2D eigenvalue weighted by Crippen LogP contribution is -2.01. The number of hydrogen-bond acceptors (Lipinski definition) is 5. The first-order chi connectivity index (χ1) is 11.1. The molecule has 0 aliphatic carbocycles. The molecule has 0 aliphatic heterocycles. The molecule has 0 radical (unpaired) electrons. The number of rotatable bonds is 4. The van der Waals surface area contributed by atoms with Crippen molar-refractivity contribution in [1.82, 2.24) is 19.7 Å².